The number of aromatic nitrogens is 1. The average molecular weight is 370 g/mol. The summed E-state index contributed by atoms with van der Waals surface area (Å²) in [6.07, 6.45) is 2.75. The van der Waals surface area contributed by atoms with E-state index in [0.29, 0.717) is 18.8 Å². The molecule has 0 aliphatic heterocycles. The molecule has 1 aromatic carbocycles. The van der Waals surface area contributed by atoms with Crippen molar-refractivity contribution in [2.24, 2.45) is 0 Å². The molecule has 0 unspecified atom stereocenters. The number of nitrogens with one attached hydrogen (secondary N) is 2. The van der Waals surface area contributed by atoms with Gasteiger partial charge in [-0.25, -0.2) is 4.79 Å². The summed E-state index contributed by atoms with van der Waals surface area (Å²) >= 11 is 0. The highest BCUT2D eigenvalue weighted by molar-refractivity contribution is 6.08. The maximum absolute atomic E-state index is 12.5. The molecule has 1 aromatic heterocycles. The molecule has 0 saturated carbocycles. The molecule has 142 valence electrons. The van der Waals surface area contributed by atoms with Crippen LogP contribution >= 0.6 is 0 Å². The van der Waals surface area contributed by atoms with E-state index in [1.54, 1.807) is 24.3 Å². The molecule has 2 N–H and O–H groups in total. The van der Waals surface area contributed by atoms with Crippen LogP contribution in [0.15, 0.2) is 42.7 Å². The number of anilines is 1. The maximum atomic E-state index is 12.5. The van der Waals surface area contributed by atoms with E-state index < -0.39 is 11.9 Å². The summed E-state index contributed by atoms with van der Waals surface area (Å²) < 4.78 is 4.71. The molecule has 0 fully saturated rings. The monoisotopic (exact) mass is 370 g/mol. The van der Waals surface area contributed by atoms with Crippen molar-refractivity contribution in [3.63, 3.8) is 0 Å². The lowest BCUT2D eigenvalue weighted by atomic mass is 10.1. The van der Waals surface area contributed by atoms with Crippen molar-refractivity contribution in [2.75, 3.05) is 39.6 Å². The number of hydrogen-bond acceptors (Lipinski definition) is 6. The Hall–Kier alpha value is -3.26. The van der Waals surface area contributed by atoms with Crippen LogP contribution in [0.25, 0.3) is 0 Å². The van der Waals surface area contributed by atoms with Crippen LogP contribution in [0.1, 0.15) is 31.1 Å². The number of hydrogen-bond donors (Lipinski definition) is 2. The molecule has 27 heavy (non-hydrogen) atoms. The van der Waals surface area contributed by atoms with Gasteiger partial charge < -0.3 is 20.3 Å². The topological polar surface area (TPSA) is 101 Å². The summed E-state index contributed by atoms with van der Waals surface area (Å²) in [5.74, 6) is -1.35. The van der Waals surface area contributed by atoms with Gasteiger partial charge in [-0.2, -0.15) is 0 Å². The Morgan fingerprint density at radius 3 is 2.41 bits per heavy atom. The Bertz CT molecular complexity index is 836. The predicted molar refractivity (Wildman–Crippen MR) is 101 cm³/mol. The molecule has 0 aliphatic rings. The first-order chi connectivity index (χ1) is 12.9. The zero-order chi connectivity index (χ0) is 19.8. The second-order valence-electron chi connectivity index (χ2n) is 6.01. The summed E-state index contributed by atoms with van der Waals surface area (Å²) in [4.78, 5) is 42.4. The smallest absolute Gasteiger partial charge is 0.339 e. The van der Waals surface area contributed by atoms with Crippen LogP contribution in [-0.4, -0.2) is 62.0 Å². The molecule has 0 saturated heterocycles. The normalized spacial score (nSPS) is 10.4. The lowest BCUT2D eigenvalue weighted by molar-refractivity contribution is 0.0601. The van der Waals surface area contributed by atoms with Crippen LogP contribution in [0.2, 0.25) is 0 Å². The molecule has 8 heteroatoms. The highest BCUT2D eigenvalue weighted by atomic mass is 16.5. The third-order valence-corrected chi connectivity index (χ3v) is 3.69. The summed E-state index contributed by atoms with van der Waals surface area (Å²) in [6, 6.07) is 7.95. The van der Waals surface area contributed by atoms with Crippen molar-refractivity contribution >= 4 is 23.5 Å². The molecule has 2 rings (SSSR count). The summed E-state index contributed by atoms with van der Waals surface area (Å²) in [5.41, 5.74) is 1.03. The van der Waals surface area contributed by atoms with E-state index in [9.17, 15) is 14.4 Å². The number of ether oxygens (including phenoxy) is 1. The standard InChI is InChI=1S/C19H22N4O4/c1-23(2)9-8-21-17(24)13-10-14(12-20-11-13)18(25)22-16-7-5-4-6-15(16)19(26)27-3/h4-7,10-12H,8-9H2,1-3H3,(H,21,24)(H,22,25). The number of carbonyl (C=O) groups is 3. The summed E-state index contributed by atoms with van der Waals surface area (Å²) in [6.45, 7) is 1.18. The van der Waals surface area contributed by atoms with E-state index in [1.165, 1.54) is 25.6 Å². The van der Waals surface area contributed by atoms with Crippen LogP contribution in [0.3, 0.4) is 0 Å². The fourth-order valence-electron chi connectivity index (χ4n) is 2.26. The van der Waals surface area contributed by atoms with Crippen LogP contribution in [0.5, 0.6) is 0 Å². The van der Waals surface area contributed by atoms with E-state index in [4.69, 9.17) is 4.74 Å². The highest BCUT2D eigenvalue weighted by Gasteiger charge is 2.16. The maximum Gasteiger partial charge on any atom is 0.339 e. The van der Waals surface area contributed by atoms with Crippen LogP contribution in [0, 0.1) is 0 Å². The molecule has 0 spiro atoms. The minimum Gasteiger partial charge on any atom is -0.465 e. The number of carbonyl (C=O) groups excluding carboxylic acids is 3. The molecule has 0 aliphatic carbocycles. The molecular formula is C19H22N4O4. The largest absolute Gasteiger partial charge is 0.465 e. The van der Waals surface area contributed by atoms with Gasteiger partial charge in [0, 0.05) is 25.5 Å². The predicted octanol–water partition coefficient (Wildman–Crippen LogP) is 1.41. The first-order valence-electron chi connectivity index (χ1n) is 8.29. The molecule has 8 nitrogen and oxygen atoms in total. The summed E-state index contributed by atoms with van der Waals surface area (Å²) in [5, 5.41) is 5.41. The highest BCUT2D eigenvalue weighted by Crippen LogP contribution is 2.17. The van der Waals surface area contributed by atoms with E-state index in [-0.39, 0.29) is 22.6 Å². The lowest BCUT2D eigenvalue weighted by Crippen LogP contribution is -2.31. The van der Waals surface area contributed by atoms with Gasteiger partial charge in [-0.15, -0.1) is 0 Å². The summed E-state index contributed by atoms with van der Waals surface area (Å²) in [7, 11) is 5.08. The zero-order valence-corrected chi connectivity index (χ0v) is 15.5. The SMILES string of the molecule is COC(=O)c1ccccc1NC(=O)c1cncc(C(=O)NCCN(C)C)c1. The fraction of sp³-hybridized carbons (Fsp3) is 0.263. The Balaban J connectivity index is 2.12. The van der Waals surface area contributed by atoms with Gasteiger partial charge in [0.25, 0.3) is 11.8 Å². The van der Waals surface area contributed by atoms with Gasteiger partial charge in [-0.3, -0.25) is 14.6 Å². The molecule has 0 atom stereocenters. The molecule has 2 amide bonds. The van der Waals surface area contributed by atoms with E-state index in [0.717, 1.165) is 0 Å². The number of amides is 2. The number of methoxy groups -OCH3 is 1. The quantitative estimate of drug-likeness (QED) is 0.715. The van der Waals surface area contributed by atoms with E-state index >= 15 is 0 Å². The van der Waals surface area contributed by atoms with Crippen molar-refractivity contribution < 1.29 is 19.1 Å². The number of nitrogens with zero attached hydrogens (tertiary/aromatic N) is 2. The van der Waals surface area contributed by atoms with Gasteiger partial charge in [-0.05, 0) is 32.3 Å². The molecular weight excluding hydrogens is 348 g/mol. The number of likely N-dealkylation sites (N-methyl/N-ethyl adjacent to an activating group) is 1. The van der Waals surface area contributed by atoms with E-state index in [1.807, 2.05) is 19.0 Å². The Labute approximate surface area is 157 Å². The number of pyridine rings is 1. The van der Waals surface area contributed by atoms with Gasteiger partial charge >= 0.3 is 5.97 Å². The molecule has 2 aromatic rings. The Morgan fingerprint density at radius 1 is 1.07 bits per heavy atom. The van der Waals surface area contributed by atoms with E-state index in [2.05, 4.69) is 15.6 Å². The second-order valence-corrected chi connectivity index (χ2v) is 6.01. The molecule has 0 radical (unpaired) electrons. The first-order valence-corrected chi connectivity index (χ1v) is 8.29. The van der Waals surface area contributed by atoms with Gasteiger partial charge in [0.2, 0.25) is 0 Å². The van der Waals surface area contributed by atoms with Gasteiger partial charge in [-0.1, -0.05) is 12.1 Å². The van der Waals surface area contributed by atoms with Crippen LogP contribution in [0.4, 0.5) is 5.69 Å². The number of esters is 1. The minimum absolute atomic E-state index is 0.204. The third kappa shape index (κ3) is 5.61. The van der Waals surface area contributed by atoms with Gasteiger partial charge in [0.1, 0.15) is 0 Å². The van der Waals surface area contributed by atoms with Crippen LogP contribution < -0.4 is 10.6 Å². The van der Waals surface area contributed by atoms with Crippen molar-refractivity contribution in [3.05, 3.63) is 59.4 Å². The molecule has 0 bridgehead atoms. The van der Waals surface area contributed by atoms with Crippen molar-refractivity contribution in [1.82, 2.24) is 15.2 Å². The third-order valence-electron chi connectivity index (χ3n) is 3.69. The zero-order valence-electron chi connectivity index (χ0n) is 15.5. The Kier molecular flexibility index (Phi) is 7.01. The minimum atomic E-state index is -0.557. The van der Waals surface area contributed by atoms with Crippen molar-refractivity contribution in [2.45, 2.75) is 0 Å². The van der Waals surface area contributed by atoms with Gasteiger partial charge in [0.15, 0.2) is 0 Å². The lowest BCUT2D eigenvalue weighted by Gasteiger charge is -2.11. The fourth-order valence-corrected chi connectivity index (χ4v) is 2.26. The van der Waals surface area contributed by atoms with Gasteiger partial charge in [0.05, 0.1) is 29.5 Å². The number of para-hydroxylation sites is 1. The van der Waals surface area contributed by atoms with Crippen molar-refractivity contribution in [1.29, 1.82) is 0 Å². The number of rotatable bonds is 7. The van der Waals surface area contributed by atoms with Crippen molar-refractivity contribution in [3.8, 4) is 0 Å². The number of benzene rings is 1. The van der Waals surface area contributed by atoms with Crippen LogP contribution in [-0.2, 0) is 4.74 Å². The second kappa shape index (κ2) is 9.44. The Morgan fingerprint density at radius 2 is 1.74 bits per heavy atom. The first kappa shape index (κ1) is 20.1. The molecule has 1 heterocycles. The average Bonchev–Trinajstić information content (AvgIpc) is 2.67.